The Labute approximate surface area is 117 Å². The van der Waals surface area contributed by atoms with Gasteiger partial charge in [0.15, 0.2) is 0 Å². The second-order valence-electron chi connectivity index (χ2n) is 3.68. The molecule has 18 heavy (non-hydrogen) atoms. The number of nitrogens with zero attached hydrogens (tertiary/aromatic N) is 1. The Kier molecular flexibility index (Phi) is 3.85. The third-order valence-corrected chi connectivity index (χ3v) is 3.29. The molecule has 2 aromatic rings. The Bertz CT molecular complexity index is 658. The summed E-state index contributed by atoms with van der Waals surface area (Å²) >= 11 is 1.90. The van der Waals surface area contributed by atoms with E-state index in [0.29, 0.717) is 3.57 Å². The van der Waals surface area contributed by atoms with E-state index in [1.54, 1.807) is 19.2 Å². The predicted octanol–water partition coefficient (Wildman–Crippen LogP) is 1.20. The van der Waals surface area contributed by atoms with Gasteiger partial charge in [-0.25, -0.2) is 4.79 Å². The number of hydrogen-bond donors (Lipinski definition) is 1. The first kappa shape index (κ1) is 12.9. The average Bonchev–Trinajstić information content (AvgIpc) is 2.40. The summed E-state index contributed by atoms with van der Waals surface area (Å²) in [7, 11) is 1.59. The van der Waals surface area contributed by atoms with Gasteiger partial charge in [0.05, 0.1) is 17.2 Å². The normalized spacial score (nSPS) is 10.3. The van der Waals surface area contributed by atoms with Crippen LogP contribution in [0, 0.1) is 3.57 Å². The van der Waals surface area contributed by atoms with E-state index in [4.69, 9.17) is 4.74 Å². The van der Waals surface area contributed by atoms with Crippen LogP contribution in [-0.4, -0.2) is 16.7 Å². The Balaban J connectivity index is 2.37. The standard InChI is InChI=1S/C12H11IN2O3/c1-18-9-4-2-8(3-5-9)7-15-11(16)10(13)6-14-12(15)17/h2-6H,7H2,1H3,(H,14,17). The van der Waals surface area contributed by atoms with Gasteiger partial charge in [-0.1, -0.05) is 12.1 Å². The lowest BCUT2D eigenvalue weighted by Gasteiger charge is -2.06. The molecule has 1 heterocycles. The Hall–Kier alpha value is -1.57. The molecule has 0 saturated heterocycles. The number of halogens is 1. The summed E-state index contributed by atoms with van der Waals surface area (Å²) in [6.07, 6.45) is 1.41. The second-order valence-corrected chi connectivity index (χ2v) is 4.84. The summed E-state index contributed by atoms with van der Waals surface area (Å²) in [5, 5.41) is 0. The molecule has 0 bridgehead atoms. The van der Waals surface area contributed by atoms with Crippen molar-refractivity contribution in [1.82, 2.24) is 9.55 Å². The van der Waals surface area contributed by atoms with E-state index >= 15 is 0 Å². The van der Waals surface area contributed by atoms with Crippen LogP contribution >= 0.6 is 22.6 Å². The number of aromatic nitrogens is 2. The summed E-state index contributed by atoms with van der Waals surface area (Å²) in [5.41, 5.74) is 0.178. The molecular formula is C12H11IN2O3. The summed E-state index contributed by atoms with van der Waals surface area (Å²) in [6, 6.07) is 7.24. The predicted molar refractivity (Wildman–Crippen MR) is 76.1 cm³/mol. The third kappa shape index (κ3) is 2.63. The molecule has 0 spiro atoms. The maximum atomic E-state index is 11.8. The summed E-state index contributed by atoms with van der Waals surface area (Å²) in [5.74, 6) is 0.739. The highest BCUT2D eigenvalue weighted by atomic mass is 127. The van der Waals surface area contributed by atoms with Crippen LogP contribution in [0.25, 0.3) is 0 Å². The quantitative estimate of drug-likeness (QED) is 0.839. The van der Waals surface area contributed by atoms with E-state index in [1.807, 2.05) is 34.7 Å². The highest BCUT2D eigenvalue weighted by Gasteiger charge is 2.05. The Morgan fingerprint density at radius 2 is 1.94 bits per heavy atom. The smallest absolute Gasteiger partial charge is 0.328 e. The molecule has 0 saturated carbocycles. The lowest BCUT2D eigenvalue weighted by Crippen LogP contribution is -2.36. The SMILES string of the molecule is COc1ccc(Cn2c(=O)[nH]cc(I)c2=O)cc1. The molecule has 0 radical (unpaired) electrons. The summed E-state index contributed by atoms with van der Waals surface area (Å²) < 4.78 is 6.71. The lowest BCUT2D eigenvalue weighted by atomic mass is 10.2. The van der Waals surface area contributed by atoms with Crippen molar-refractivity contribution in [1.29, 1.82) is 0 Å². The summed E-state index contributed by atoms with van der Waals surface area (Å²) in [4.78, 5) is 26.0. The minimum Gasteiger partial charge on any atom is -0.497 e. The van der Waals surface area contributed by atoms with Crippen LogP contribution in [0.15, 0.2) is 40.1 Å². The fraction of sp³-hybridized carbons (Fsp3) is 0.167. The molecule has 0 aliphatic rings. The molecule has 0 aliphatic heterocycles. The minimum absolute atomic E-state index is 0.245. The van der Waals surface area contributed by atoms with E-state index < -0.39 is 5.69 Å². The van der Waals surface area contributed by atoms with Crippen LogP contribution in [-0.2, 0) is 6.54 Å². The number of aromatic amines is 1. The van der Waals surface area contributed by atoms with Crippen molar-refractivity contribution < 1.29 is 4.74 Å². The van der Waals surface area contributed by atoms with Crippen molar-refractivity contribution in [3.63, 3.8) is 0 Å². The molecule has 0 fully saturated rings. The van der Waals surface area contributed by atoms with Gasteiger partial charge in [0, 0.05) is 6.20 Å². The molecular weight excluding hydrogens is 347 g/mol. The number of H-pyrrole nitrogens is 1. The molecule has 2 rings (SSSR count). The van der Waals surface area contributed by atoms with E-state index in [-0.39, 0.29) is 12.1 Å². The first-order chi connectivity index (χ1) is 8.61. The van der Waals surface area contributed by atoms with Crippen LogP contribution in [0.4, 0.5) is 0 Å². The zero-order chi connectivity index (χ0) is 13.1. The molecule has 0 amide bonds. The highest BCUT2D eigenvalue weighted by Crippen LogP contribution is 2.11. The van der Waals surface area contributed by atoms with Gasteiger partial charge in [0.1, 0.15) is 5.75 Å². The van der Waals surface area contributed by atoms with E-state index in [2.05, 4.69) is 4.98 Å². The van der Waals surface area contributed by atoms with Crippen LogP contribution < -0.4 is 16.0 Å². The third-order valence-electron chi connectivity index (χ3n) is 2.52. The molecule has 0 aliphatic carbocycles. The zero-order valence-corrected chi connectivity index (χ0v) is 11.8. The number of rotatable bonds is 3. The largest absolute Gasteiger partial charge is 0.497 e. The van der Waals surface area contributed by atoms with Crippen molar-refractivity contribution in [2.45, 2.75) is 6.54 Å². The van der Waals surface area contributed by atoms with Crippen LogP contribution in [0.1, 0.15) is 5.56 Å². The number of hydrogen-bond acceptors (Lipinski definition) is 3. The molecule has 0 atom stereocenters. The maximum absolute atomic E-state index is 11.8. The average molecular weight is 358 g/mol. The van der Waals surface area contributed by atoms with Crippen molar-refractivity contribution in [2.75, 3.05) is 7.11 Å². The van der Waals surface area contributed by atoms with Gasteiger partial charge < -0.3 is 9.72 Å². The van der Waals surface area contributed by atoms with Gasteiger partial charge in [-0.2, -0.15) is 0 Å². The van der Waals surface area contributed by atoms with Gasteiger partial charge >= 0.3 is 5.69 Å². The Morgan fingerprint density at radius 1 is 1.28 bits per heavy atom. The molecule has 0 unspecified atom stereocenters. The van der Waals surface area contributed by atoms with Gasteiger partial charge in [-0.05, 0) is 40.3 Å². The van der Waals surface area contributed by atoms with Gasteiger partial charge in [0.2, 0.25) is 0 Å². The fourth-order valence-corrected chi connectivity index (χ4v) is 1.99. The lowest BCUT2D eigenvalue weighted by molar-refractivity contribution is 0.414. The summed E-state index contributed by atoms with van der Waals surface area (Å²) in [6.45, 7) is 0.245. The zero-order valence-electron chi connectivity index (χ0n) is 9.64. The van der Waals surface area contributed by atoms with Crippen LogP contribution in [0.3, 0.4) is 0 Å². The van der Waals surface area contributed by atoms with Crippen molar-refractivity contribution in [3.8, 4) is 5.75 Å². The number of methoxy groups -OCH3 is 1. The molecule has 5 nitrogen and oxygen atoms in total. The number of ether oxygens (including phenoxy) is 1. The fourth-order valence-electron chi connectivity index (χ4n) is 1.54. The van der Waals surface area contributed by atoms with Crippen LogP contribution in [0.5, 0.6) is 5.75 Å². The van der Waals surface area contributed by atoms with Crippen molar-refractivity contribution in [2.24, 2.45) is 0 Å². The molecule has 1 N–H and O–H groups in total. The van der Waals surface area contributed by atoms with Crippen molar-refractivity contribution in [3.05, 3.63) is 60.4 Å². The topological polar surface area (TPSA) is 64.1 Å². The highest BCUT2D eigenvalue weighted by molar-refractivity contribution is 14.1. The monoisotopic (exact) mass is 358 g/mol. The van der Waals surface area contributed by atoms with E-state index in [0.717, 1.165) is 11.3 Å². The minimum atomic E-state index is -0.406. The van der Waals surface area contributed by atoms with Gasteiger partial charge in [0.25, 0.3) is 5.56 Å². The first-order valence-corrected chi connectivity index (χ1v) is 6.30. The first-order valence-electron chi connectivity index (χ1n) is 5.23. The molecule has 1 aromatic heterocycles. The van der Waals surface area contributed by atoms with Gasteiger partial charge in [-0.15, -0.1) is 0 Å². The number of benzene rings is 1. The molecule has 94 valence electrons. The second kappa shape index (κ2) is 5.38. The molecule has 1 aromatic carbocycles. The maximum Gasteiger partial charge on any atom is 0.328 e. The molecule has 6 heteroatoms. The van der Waals surface area contributed by atoms with E-state index in [1.165, 1.54) is 10.8 Å². The Morgan fingerprint density at radius 3 is 2.56 bits per heavy atom. The van der Waals surface area contributed by atoms with Crippen molar-refractivity contribution >= 4 is 22.6 Å². The van der Waals surface area contributed by atoms with E-state index in [9.17, 15) is 9.59 Å². The van der Waals surface area contributed by atoms with Gasteiger partial charge in [-0.3, -0.25) is 9.36 Å². The van der Waals surface area contributed by atoms with Crippen LogP contribution in [0.2, 0.25) is 0 Å². The number of nitrogens with one attached hydrogen (secondary N) is 1.